The Hall–Kier alpha value is -1.39. The van der Waals surface area contributed by atoms with Crippen LogP contribution in [-0.2, 0) is 4.79 Å². The number of benzene rings is 1. The Bertz CT molecular complexity index is 429. The number of hydrogen-bond donors (Lipinski definition) is 2. The lowest BCUT2D eigenvalue weighted by atomic mass is 10.0. The third-order valence-electron chi connectivity index (χ3n) is 4.28. The number of amides is 1. The molecular weight excluding hydrogens is 262 g/mol. The molecule has 0 spiro atoms. The summed E-state index contributed by atoms with van der Waals surface area (Å²) in [5, 5.41) is 6.43. The van der Waals surface area contributed by atoms with E-state index < -0.39 is 0 Å². The van der Waals surface area contributed by atoms with Crippen LogP contribution < -0.4 is 10.6 Å². The Balaban J connectivity index is 1.76. The number of rotatable bonds is 7. The maximum Gasteiger partial charge on any atom is 0.234 e. The van der Waals surface area contributed by atoms with Gasteiger partial charge in [0.05, 0.1) is 6.54 Å². The molecule has 0 bridgehead atoms. The van der Waals surface area contributed by atoms with Crippen molar-refractivity contribution in [3.05, 3.63) is 35.9 Å². The largest absolute Gasteiger partial charge is 0.354 e. The molecule has 1 heterocycles. The Morgan fingerprint density at radius 2 is 2.19 bits per heavy atom. The summed E-state index contributed by atoms with van der Waals surface area (Å²) in [6, 6.07) is 10.8. The molecule has 116 valence electrons. The van der Waals surface area contributed by atoms with Crippen molar-refractivity contribution < 1.29 is 4.79 Å². The maximum absolute atomic E-state index is 12.1. The predicted octanol–water partition coefficient (Wildman–Crippen LogP) is 1.59. The van der Waals surface area contributed by atoms with Gasteiger partial charge in [0.1, 0.15) is 0 Å². The number of nitrogens with one attached hydrogen (secondary N) is 2. The van der Waals surface area contributed by atoms with Crippen LogP contribution in [0.15, 0.2) is 30.3 Å². The number of carbonyl (C=O) groups excluding carboxylic acids is 1. The molecule has 0 saturated carbocycles. The fourth-order valence-corrected chi connectivity index (χ4v) is 2.86. The van der Waals surface area contributed by atoms with Crippen LogP contribution in [-0.4, -0.2) is 49.6 Å². The minimum absolute atomic E-state index is 0.131. The summed E-state index contributed by atoms with van der Waals surface area (Å²) in [5.41, 5.74) is 1.27. The normalized spacial score (nSPS) is 19.7. The molecule has 1 aliphatic rings. The number of nitrogens with zero attached hydrogens (tertiary/aromatic N) is 1. The molecule has 2 atom stereocenters. The minimum Gasteiger partial charge on any atom is -0.354 e. The van der Waals surface area contributed by atoms with E-state index in [4.69, 9.17) is 0 Å². The predicted molar refractivity (Wildman–Crippen MR) is 86.4 cm³/mol. The quantitative estimate of drug-likeness (QED) is 0.801. The van der Waals surface area contributed by atoms with Gasteiger partial charge < -0.3 is 10.6 Å². The van der Waals surface area contributed by atoms with E-state index in [1.54, 1.807) is 0 Å². The highest BCUT2D eigenvalue weighted by Gasteiger charge is 2.22. The number of carbonyl (C=O) groups is 1. The van der Waals surface area contributed by atoms with E-state index in [1.807, 2.05) is 18.2 Å². The third kappa shape index (κ3) is 4.83. The smallest absolute Gasteiger partial charge is 0.234 e. The fraction of sp³-hybridized carbons (Fsp3) is 0.588. The van der Waals surface area contributed by atoms with Crippen LogP contribution in [0.4, 0.5) is 0 Å². The first-order chi connectivity index (χ1) is 10.2. The van der Waals surface area contributed by atoms with Crippen molar-refractivity contribution in [3.63, 3.8) is 0 Å². The third-order valence-corrected chi connectivity index (χ3v) is 4.28. The van der Waals surface area contributed by atoms with E-state index >= 15 is 0 Å². The first-order valence-electron chi connectivity index (χ1n) is 7.97. The second kappa shape index (κ2) is 8.15. The molecule has 1 aromatic carbocycles. The summed E-state index contributed by atoms with van der Waals surface area (Å²) in [4.78, 5) is 14.4. The zero-order chi connectivity index (χ0) is 15.1. The topological polar surface area (TPSA) is 44.4 Å². The van der Waals surface area contributed by atoms with Crippen molar-refractivity contribution in [2.24, 2.45) is 0 Å². The van der Waals surface area contributed by atoms with Gasteiger partial charge in [-0.2, -0.15) is 0 Å². The molecule has 1 aliphatic heterocycles. The Labute approximate surface area is 127 Å². The van der Waals surface area contributed by atoms with Crippen LogP contribution in [0, 0.1) is 0 Å². The lowest BCUT2D eigenvalue weighted by Crippen LogP contribution is -2.44. The fourth-order valence-electron chi connectivity index (χ4n) is 2.86. The van der Waals surface area contributed by atoms with Gasteiger partial charge in [0.15, 0.2) is 0 Å². The summed E-state index contributed by atoms with van der Waals surface area (Å²) < 4.78 is 0. The maximum atomic E-state index is 12.1. The SMILES string of the molecule is CCN(CC(=O)NCC(C)c1ccccc1)C1CCNC1. The summed E-state index contributed by atoms with van der Waals surface area (Å²) in [5.74, 6) is 0.477. The summed E-state index contributed by atoms with van der Waals surface area (Å²) >= 11 is 0. The second-order valence-electron chi connectivity index (χ2n) is 5.83. The van der Waals surface area contributed by atoms with Crippen LogP contribution in [0.25, 0.3) is 0 Å². The number of hydrogen-bond acceptors (Lipinski definition) is 3. The van der Waals surface area contributed by atoms with Crippen LogP contribution >= 0.6 is 0 Å². The van der Waals surface area contributed by atoms with Gasteiger partial charge >= 0.3 is 0 Å². The first kappa shape index (κ1) is 16.0. The minimum atomic E-state index is 0.131. The van der Waals surface area contributed by atoms with E-state index in [2.05, 4.69) is 41.5 Å². The molecule has 2 unspecified atom stereocenters. The monoisotopic (exact) mass is 289 g/mol. The Morgan fingerprint density at radius 1 is 1.43 bits per heavy atom. The highest BCUT2D eigenvalue weighted by atomic mass is 16.2. The molecule has 1 fully saturated rings. The Kier molecular flexibility index (Phi) is 6.21. The molecule has 4 nitrogen and oxygen atoms in total. The van der Waals surface area contributed by atoms with Gasteiger partial charge in [-0.05, 0) is 31.0 Å². The molecular formula is C17H27N3O. The van der Waals surface area contributed by atoms with Gasteiger partial charge in [-0.25, -0.2) is 0 Å². The van der Waals surface area contributed by atoms with Crippen molar-refractivity contribution >= 4 is 5.91 Å². The highest BCUT2D eigenvalue weighted by Crippen LogP contribution is 2.13. The van der Waals surface area contributed by atoms with Gasteiger partial charge in [0.25, 0.3) is 0 Å². The lowest BCUT2D eigenvalue weighted by molar-refractivity contribution is -0.122. The average molecular weight is 289 g/mol. The molecule has 1 amide bonds. The molecule has 0 radical (unpaired) electrons. The second-order valence-corrected chi connectivity index (χ2v) is 5.83. The highest BCUT2D eigenvalue weighted by molar-refractivity contribution is 5.78. The van der Waals surface area contributed by atoms with Gasteiger partial charge in [-0.15, -0.1) is 0 Å². The molecule has 2 N–H and O–H groups in total. The average Bonchev–Trinajstić information content (AvgIpc) is 3.05. The van der Waals surface area contributed by atoms with E-state index in [0.717, 1.165) is 26.1 Å². The standard InChI is InChI=1S/C17H27N3O/c1-3-20(16-9-10-18-12-16)13-17(21)19-11-14(2)15-7-5-4-6-8-15/h4-8,14,16,18H,3,9-13H2,1-2H3,(H,19,21). The molecule has 1 aromatic rings. The van der Waals surface area contributed by atoms with E-state index in [-0.39, 0.29) is 5.91 Å². The molecule has 21 heavy (non-hydrogen) atoms. The van der Waals surface area contributed by atoms with Crippen LogP contribution in [0.5, 0.6) is 0 Å². The molecule has 2 rings (SSSR count). The van der Waals surface area contributed by atoms with Gasteiger partial charge in [-0.3, -0.25) is 9.69 Å². The van der Waals surface area contributed by atoms with Crippen LogP contribution in [0.3, 0.4) is 0 Å². The van der Waals surface area contributed by atoms with Gasteiger partial charge in [-0.1, -0.05) is 44.2 Å². The van der Waals surface area contributed by atoms with Crippen molar-refractivity contribution in [1.29, 1.82) is 0 Å². The molecule has 0 aliphatic carbocycles. The molecule has 4 heteroatoms. The lowest BCUT2D eigenvalue weighted by Gasteiger charge is -2.26. The zero-order valence-corrected chi connectivity index (χ0v) is 13.1. The van der Waals surface area contributed by atoms with Crippen molar-refractivity contribution in [1.82, 2.24) is 15.5 Å². The summed E-state index contributed by atoms with van der Waals surface area (Å²) in [6.07, 6.45) is 1.14. The van der Waals surface area contributed by atoms with Crippen LogP contribution in [0.1, 0.15) is 31.7 Å². The van der Waals surface area contributed by atoms with Crippen LogP contribution in [0.2, 0.25) is 0 Å². The summed E-state index contributed by atoms with van der Waals surface area (Å²) in [7, 11) is 0. The van der Waals surface area contributed by atoms with E-state index in [1.165, 1.54) is 5.56 Å². The van der Waals surface area contributed by atoms with Crippen molar-refractivity contribution in [2.75, 3.05) is 32.7 Å². The number of likely N-dealkylation sites (N-methyl/N-ethyl adjacent to an activating group) is 1. The van der Waals surface area contributed by atoms with Crippen molar-refractivity contribution in [3.8, 4) is 0 Å². The molecule has 1 saturated heterocycles. The first-order valence-corrected chi connectivity index (χ1v) is 7.97. The zero-order valence-electron chi connectivity index (χ0n) is 13.1. The Morgan fingerprint density at radius 3 is 2.81 bits per heavy atom. The van der Waals surface area contributed by atoms with Crippen molar-refractivity contribution in [2.45, 2.75) is 32.2 Å². The molecule has 0 aromatic heterocycles. The van der Waals surface area contributed by atoms with E-state index in [0.29, 0.717) is 25.0 Å². The summed E-state index contributed by atoms with van der Waals surface area (Å²) in [6.45, 7) is 8.46. The van der Waals surface area contributed by atoms with E-state index in [9.17, 15) is 4.79 Å². The van der Waals surface area contributed by atoms with Gasteiger partial charge in [0, 0.05) is 19.1 Å². The van der Waals surface area contributed by atoms with Gasteiger partial charge in [0.2, 0.25) is 5.91 Å².